The van der Waals surface area contributed by atoms with Crippen molar-refractivity contribution in [3.05, 3.63) is 83.3 Å². The van der Waals surface area contributed by atoms with Crippen LogP contribution in [0.4, 0.5) is 0 Å². The molecule has 1 saturated heterocycles. The standard InChI is InChI=1S/C26H27N3O5S/c1-19-8-11-23(12-9-19)35(31,32)28-16-20-5-4-14-29(17-20)26(30)25-13-10-22(34-25)18-33-24-7-3-2-6-21(24)15-27/h2-3,6-13,20,28H,4-5,14,16-18H2,1H3. The quantitative estimate of drug-likeness (QED) is 0.510. The Bertz CT molecular complexity index is 1330. The second kappa shape index (κ2) is 10.8. The monoisotopic (exact) mass is 493 g/mol. The number of rotatable bonds is 8. The molecule has 1 N–H and O–H groups in total. The molecule has 0 radical (unpaired) electrons. The molecule has 9 heteroatoms. The Morgan fingerprint density at radius 3 is 2.71 bits per heavy atom. The summed E-state index contributed by atoms with van der Waals surface area (Å²) in [7, 11) is -3.60. The van der Waals surface area contributed by atoms with Crippen LogP contribution >= 0.6 is 0 Å². The molecule has 8 nitrogen and oxygen atoms in total. The summed E-state index contributed by atoms with van der Waals surface area (Å²) in [5.74, 6) is 0.901. The van der Waals surface area contributed by atoms with E-state index < -0.39 is 10.0 Å². The number of para-hydroxylation sites is 1. The third-order valence-electron chi connectivity index (χ3n) is 5.95. The van der Waals surface area contributed by atoms with Gasteiger partial charge >= 0.3 is 0 Å². The first-order valence-electron chi connectivity index (χ1n) is 11.4. The molecule has 0 bridgehead atoms. The maximum Gasteiger partial charge on any atom is 0.289 e. The molecule has 1 fully saturated rings. The Morgan fingerprint density at radius 1 is 1.17 bits per heavy atom. The van der Waals surface area contributed by atoms with Gasteiger partial charge in [0.2, 0.25) is 10.0 Å². The van der Waals surface area contributed by atoms with Crippen LogP contribution in [0.3, 0.4) is 0 Å². The van der Waals surface area contributed by atoms with Crippen LogP contribution in [0.1, 0.15) is 40.3 Å². The average molecular weight is 494 g/mol. The van der Waals surface area contributed by atoms with Gasteiger partial charge in [-0.25, -0.2) is 13.1 Å². The Kier molecular flexibility index (Phi) is 7.54. The lowest BCUT2D eigenvalue weighted by Crippen LogP contribution is -2.43. The molecule has 182 valence electrons. The van der Waals surface area contributed by atoms with Crippen molar-refractivity contribution >= 4 is 15.9 Å². The molecule has 35 heavy (non-hydrogen) atoms. The van der Waals surface area contributed by atoms with Gasteiger partial charge in [0.15, 0.2) is 5.76 Å². The third kappa shape index (κ3) is 6.10. The second-order valence-corrected chi connectivity index (χ2v) is 10.4. The molecular weight excluding hydrogens is 466 g/mol. The number of nitrogens with zero attached hydrogens (tertiary/aromatic N) is 2. The number of piperidine rings is 1. The number of amides is 1. The van der Waals surface area contributed by atoms with E-state index in [0.717, 1.165) is 18.4 Å². The van der Waals surface area contributed by atoms with Crippen LogP contribution in [0, 0.1) is 24.2 Å². The SMILES string of the molecule is Cc1ccc(S(=O)(=O)NCC2CCCN(C(=O)c3ccc(COc4ccccc4C#N)o3)C2)cc1. The smallest absolute Gasteiger partial charge is 0.289 e. The molecule has 3 aromatic rings. The van der Waals surface area contributed by atoms with Crippen molar-refractivity contribution in [2.24, 2.45) is 5.92 Å². The summed E-state index contributed by atoms with van der Waals surface area (Å²) in [6.45, 7) is 3.28. The summed E-state index contributed by atoms with van der Waals surface area (Å²) < 4.78 is 39.2. The van der Waals surface area contributed by atoms with Crippen LogP contribution in [0.25, 0.3) is 0 Å². The summed E-state index contributed by atoms with van der Waals surface area (Å²) in [5, 5.41) is 9.17. The fourth-order valence-corrected chi connectivity index (χ4v) is 5.12. The number of furan rings is 1. The minimum absolute atomic E-state index is 0.00757. The first kappa shape index (κ1) is 24.5. The number of carbonyl (C=O) groups excluding carboxylic acids is 1. The highest BCUT2D eigenvalue weighted by atomic mass is 32.2. The van der Waals surface area contributed by atoms with Crippen molar-refractivity contribution in [3.63, 3.8) is 0 Å². The zero-order valence-corrected chi connectivity index (χ0v) is 20.3. The summed E-state index contributed by atoms with van der Waals surface area (Å²) in [5.41, 5.74) is 1.41. The van der Waals surface area contributed by atoms with E-state index in [-0.39, 0.29) is 35.6 Å². The summed E-state index contributed by atoms with van der Waals surface area (Å²) in [6.07, 6.45) is 1.61. The Hall–Kier alpha value is -3.61. The van der Waals surface area contributed by atoms with Gasteiger partial charge in [0.1, 0.15) is 24.2 Å². The molecular formula is C26H27N3O5S. The molecule has 0 spiro atoms. The van der Waals surface area contributed by atoms with E-state index >= 15 is 0 Å². The van der Waals surface area contributed by atoms with E-state index in [1.807, 2.05) is 6.92 Å². The average Bonchev–Trinajstić information content (AvgIpc) is 3.35. The first-order valence-corrected chi connectivity index (χ1v) is 12.9. The zero-order chi connectivity index (χ0) is 24.8. The lowest BCUT2D eigenvalue weighted by atomic mass is 9.98. The van der Waals surface area contributed by atoms with E-state index in [9.17, 15) is 13.2 Å². The van der Waals surface area contributed by atoms with Crippen molar-refractivity contribution in [1.29, 1.82) is 5.26 Å². The molecule has 0 saturated carbocycles. The predicted octanol–water partition coefficient (Wildman–Crippen LogP) is 3.87. The van der Waals surface area contributed by atoms with Gasteiger partial charge in [0.05, 0.1) is 10.5 Å². The molecule has 1 aliphatic rings. The fraction of sp³-hybridized carbons (Fsp3) is 0.308. The number of sulfonamides is 1. The third-order valence-corrected chi connectivity index (χ3v) is 7.39. The Morgan fingerprint density at radius 2 is 1.94 bits per heavy atom. The number of benzene rings is 2. The number of hydrogen-bond acceptors (Lipinski definition) is 6. The van der Waals surface area contributed by atoms with E-state index in [2.05, 4.69) is 10.8 Å². The van der Waals surface area contributed by atoms with Gasteiger partial charge in [0.25, 0.3) is 5.91 Å². The molecule has 2 aromatic carbocycles. The van der Waals surface area contributed by atoms with E-state index in [0.29, 0.717) is 30.2 Å². The molecule has 2 heterocycles. The lowest BCUT2D eigenvalue weighted by molar-refractivity contribution is 0.0640. The van der Waals surface area contributed by atoms with Crippen LogP contribution in [0.2, 0.25) is 0 Å². The first-order chi connectivity index (χ1) is 16.9. The molecule has 1 aliphatic heterocycles. The number of ether oxygens (including phenoxy) is 1. The molecule has 1 aromatic heterocycles. The van der Waals surface area contributed by atoms with E-state index in [1.165, 1.54) is 0 Å². The molecule has 1 atom stereocenters. The largest absolute Gasteiger partial charge is 0.484 e. The van der Waals surface area contributed by atoms with Crippen LogP contribution in [0.5, 0.6) is 5.75 Å². The van der Waals surface area contributed by atoms with E-state index in [4.69, 9.17) is 14.4 Å². The molecule has 4 rings (SSSR count). The number of aryl methyl sites for hydroxylation is 1. The summed E-state index contributed by atoms with van der Waals surface area (Å²) in [4.78, 5) is 14.9. The van der Waals surface area contributed by atoms with Gasteiger partial charge in [-0.1, -0.05) is 29.8 Å². The number of nitrogens with one attached hydrogen (secondary N) is 1. The van der Waals surface area contributed by atoms with E-state index in [1.54, 1.807) is 65.6 Å². The number of likely N-dealkylation sites (tertiary alicyclic amines) is 1. The van der Waals surface area contributed by atoms with Crippen molar-refractivity contribution in [2.45, 2.75) is 31.3 Å². The summed E-state index contributed by atoms with van der Waals surface area (Å²) in [6, 6.07) is 19.0. The topological polar surface area (TPSA) is 113 Å². The van der Waals surface area contributed by atoms with Crippen molar-refractivity contribution in [3.8, 4) is 11.8 Å². The van der Waals surface area contributed by atoms with Crippen molar-refractivity contribution < 1.29 is 22.4 Å². The zero-order valence-electron chi connectivity index (χ0n) is 19.4. The van der Waals surface area contributed by atoms with Gasteiger partial charge in [0, 0.05) is 19.6 Å². The van der Waals surface area contributed by atoms with Gasteiger partial charge in [-0.3, -0.25) is 4.79 Å². The van der Waals surface area contributed by atoms with Crippen molar-refractivity contribution in [1.82, 2.24) is 9.62 Å². The van der Waals surface area contributed by atoms with Gasteiger partial charge < -0.3 is 14.1 Å². The molecule has 0 aliphatic carbocycles. The van der Waals surface area contributed by atoms with Crippen molar-refractivity contribution in [2.75, 3.05) is 19.6 Å². The minimum Gasteiger partial charge on any atom is -0.484 e. The highest BCUT2D eigenvalue weighted by molar-refractivity contribution is 7.89. The summed E-state index contributed by atoms with van der Waals surface area (Å²) >= 11 is 0. The van der Waals surface area contributed by atoms with Gasteiger partial charge in [-0.15, -0.1) is 0 Å². The van der Waals surface area contributed by atoms with Crippen LogP contribution in [0.15, 0.2) is 70.0 Å². The highest BCUT2D eigenvalue weighted by Gasteiger charge is 2.27. The second-order valence-electron chi connectivity index (χ2n) is 8.59. The predicted molar refractivity (Wildman–Crippen MR) is 129 cm³/mol. The van der Waals surface area contributed by atoms with Crippen LogP contribution < -0.4 is 9.46 Å². The lowest BCUT2D eigenvalue weighted by Gasteiger charge is -2.32. The molecule has 1 amide bonds. The Labute approximate surface area is 205 Å². The fourth-order valence-electron chi connectivity index (χ4n) is 4.00. The van der Waals surface area contributed by atoms with Crippen LogP contribution in [-0.2, 0) is 16.6 Å². The van der Waals surface area contributed by atoms with Gasteiger partial charge in [-0.05, 0) is 62.1 Å². The number of nitriles is 1. The Balaban J connectivity index is 1.32. The maximum absolute atomic E-state index is 13.0. The normalized spacial score (nSPS) is 16.0. The number of carbonyl (C=O) groups is 1. The van der Waals surface area contributed by atoms with Gasteiger partial charge in [-0.2, -0.15) is 5.26 Å². The molecule has 1 unspecified atom stereocenters. The van der Waals surface area contributed by atoms with Crippen LogP contribution in [-0.4, -0.2) is 38.9 Å². The minimum atomic E-state index is -3.60. The highest BCUT2D eigenvalue weighted by Crippen LogP contribution is 2.22. The maximum atomic E-state index is 13.0. The number of hydrogen-bond donors (Lipinski definition) is 1.